The molecule has 14 heavy (non-hydrogen) atoms. The maximum Gasteiger partial charge on any atom is 0.111 e. The Morgan fingerprint density at radius 1 is 1.64 bits per heavy atom. The molecule has 1 aliphatic rings. The van der Waals surface area contributed by atoms with E-state index < -0.39 is 6.10 Å². The molecule has 1 heterocycles. The molecule has 0 radical (unpaired) electrons. The molecule has 2 unspecified atom stereocenters. The van der Waals surface area contributed by atoms with E-state index in [1.807, 2.05) is 20.2 Å². The SMILES string of the molecule is CC(N)C(O)c1c(C2CC2)cnn1C. The summed E-state index contributed by atoms with van der Waals surface area (Å²) in [7, 11) is 1.85. The Bertz CT molecular complexity index is 328. The molecule has 1 saturated carbocycles. The highest BCUT2D eigenvalue weighted by atomic mass is 16.3. The first-order chi connectivity index (χ1) is 6.61. The second-order valence-corrected chi connectivity index (χ2v) is 4.19. The summed E-state index contributed by atoms with van der Waals surface area (Å²) in [6.45, 7) is 1.81. The summed E-state index contributed by atoms with van der Waals surface area (Å²) >= 11 is 0. The lowest BCUT2D eigenvalue weighted by atomic mass is 10.0. The van der Waals surface area contributed by atoms with Crippen LogP contribution in [0, 0.1) is 0 Å². The van der Waals surface area contributed by atoms with Gasteiger partial charge < -0.3 is 10.8 Å². The molecule has 1 aromatic rings. The van der Waals surface area contributed by atoms with Gasteiger partial charge in [-0.2, -0.15) is 5.10 Å². The van der Waals surface area contributed by atoms with Crippen molar-refractivity contribution in [1.29, 1.82) is 0 Å². The van der Waals surface area contributed by atoms with Gasteiger partial charge in [-0.05, 0) is 31.2 Å². The first-order valence-corrected chi connectivity index (χ1v) is 5.06. The molecule has 2 rings (SSSR count). The van der Waals surface area contributed by atoms with E-state index in [4.69, 9.17) is 5.73 Å². The summed E-state index contributed by atoms with van der Waals surface area (Å²) < 4.78 is 1.74. The summed E-state index contributed by atoms with van der Waals surface area (Å²) in [6.07, 6.45) is 3.69. The number of nitrogens with two attached hydrogens (primary N) is 1. The number of aliphatic hydroxyl groups excluding tert-OH is 1. The van der Waals surface area contributed by atoms with E-state index in [0.717, 1.165) is 5.69 Å². The van der Waals surface area contributed by atoms with Gasteiger partial charge in [-0.15, -0.1) is 0 Å². The molecule has 78 valence electrons. The van der Waals surface area contributed by atoms with Crippen LogP contribution in [0.5, 0.6) is 0 Å². The fraction of sp³-hybridized carbons (Fsp3) is 0.700. The topological polar surface area (TPSA) is 64.1 Å². The summed E-state index contributed by atoms with van der Waals surface area (Å²) in [5, 5.41) is 14.1. The lowest BCUT2D eigenvalue weighted by Gasteiger charge is -2.16. The number of hydrogen-bond donors (Lipinski definition) is 2. The Morgan fingerprint density at radius 2 is 2.29 bits per heavy atom. The van der Waals surface area contributed by atoms with E-state index in [0.29, 0.717) is 5.92 Å². The van der Waals surface area contributed by atoms with Crippen molar-refractivity contribution in [3.8, 4) is 0 Å². The highest BCUT2D eigenvalue weighted by Crippen LogP contribution is 2.43. The van der Waals surface area contributed by atoms with Crippen molar-refractivity contribution in [1.82, 2.24) is 9.78 Å². The monoisotopic (exact) mass is 195 g/mol. The molecule has 0 spiro atoms. The van der Waals surface area contributed by atoms with Gasteiger partial charge in [-0.3, -0.25) is 4.68 Å². The van der Waals surface area contributed by atoms with Crippen LogP contribution < -0.4 is 5.73 Å². The smallest absolute Gasteiger partial charge is 0.111 e. The van der Waals surface area contributed by atoms with E-state index in [9.17, 15) is 5.11 Å². The van der Waals surface area contributed by atoms with Crippen molar-refractivity contribution in [3.63, 3.8) is 0 Å². The Labute approximate surface area is 83.7 Å². The highest BCUT2D eigenvalue weighted by Gasteiger charge is 2.31. The van der Waals surface area contributed by atoms with Gasteiger partial charge in [0.15, 0.2) is 0 Å². The molecule has 0 saturated heterocycles. The molecular weight excluding hydrogens is 178 g/mol. The van der Waals surface area contributed by atoms with E-state index in [1.165, 1.54) is 18.4 Å². The van der Waals surface area contributed by atoms with E-state index in [-0.39, 0.29) is 6.04 Å². The molecule has 4 heteroatoms. The fourth-order valence-electron chi connectivity index (χ4n) is 1.78. The zero-order valence-corrected chi connectivity index (χ0v) is 8.64. The molecule has 0 aliphatic heterocycles. The molecule has 2 atom stereocenters. The number of hydrogen-bond acceptors (Lipinski definition) is 3. The summed E-state index contributed by atoms with van der Waals surface area (Å²) in [5.41, 5.74) is 7.76. The second-order valence-electron chi connectivity index (χ2n) is 4.19. The van der Waals surface area contributed by atoms with Crippen LogP contribution in [0.25, 0.3) is 0 Å². The van der Waals surface area contributed by atoms with Crippen LogP contribution in [0.15, 0.2) is 6.20 Å². The zero-order valence-electron chi connectivity index (χ0n) is 8.64. The van der Waals surface area contributed by atoms with Crippen molar-refractivity contribution in [3.05, 3.63) is 17.5 Å². The minimum Gasteiger partial charge on any atom is -0.385 e. The number of aliphatic hydroxyl groups is 1. The summed E-state index contributed by atoms with van der Waals surface area (Å²) in [4.78, 5) is 0. The van der Waals surface area contributed by atoms with Gasteiger partial charge in [-0.25, -0.2) is 0 Å². The summed E-state index contributed by atoms with van der Waals surface area (Å²) in [5.74, 6) is 0.604. The molecule has 4 nitrogen and oxygen atoms in total. The van der Waals surface area contributed by atoms with Crippen molar-refractivity contribution in [2.75, 3.05) is 0 Å². The van der Waals surface area contributed by atoms with Crippen LogP contribution in [-0.2, 0) is 7.05 Å². The normalized spacial score (nSPS) is 20.9. The quantitative estimate of drug-likeness (QED) is 0.745. The zero-order chi connectivity index (χ0) is 10.3. The molecule has 3 N–H and O–H groups in total. The lowest BCUT2D eigenvalue weighted by molar-refractivity contribution is 0.143. The van der Waals surface area contributed by atoms with Gasteiger partial charge in [0, 0.05) is 13.1 Å². The van der Waals surface area contributed by atoms with Gasteiger partial charge >= 0.3 is 0 Å². The number of aromatic nitrogens is 2. The largest absolute Gasteiger partial charge is 0.385 e. The summed E-state index contributed by atoms with van der Waals surface area (Å²) in [6, 6.07) is -0.247. The molecule has 1 fully saturated rings. The second kappa shape index (κ2) is 3.37. The highest BCUT2D eigenvalue weighted by molar-refractivity contribution is 5.28. The van der Waals surface area contributed by atoms with Crippen LogP contribution in [0.3, 0.4) is 0 Å². The molecular formula is C10H17N3O. The maximum atomic E-state index is 9.94. The lowest BCUT2D eigenvalue weighted by Crippen LogP contribution is -2.26. The van der Waals surface area contributed by atoms with E-state index in [2.05, 4.69) is 5.10 Å². The van der Waals surface area contributed by atoms with Crippen molar-refractivity contribution in [2.45, 2.75) is 37.8 Å². The molecule has 0 bridgehead atoms. The average Bonchev–Trinajstić information content (AvgIpc) is 2.89. The molecule has 0 amide bonds. The Hall–Kier alpha value is -0.870. The van der Waals surface area contributed by atoms with Gasteiger partial charge in [0.1, 0.15) is 6.10 Å². The van der Waals surface area contributed by atoms with Crippen molar-refractivity contribution in [2.24, 2.45) is 12.8 Å². The van der Waals surface area contributed by atoms with Gasteiger partial charge in [0.25, 0.3) is 0 Å². The number of nitrogens with zero attached hydrogens (tertiary/aromatic N) is 2. The third-order valence-corrected chi connectivity index (χ3v) is 2.81. The first kappa shape index (κ1) is 9.68. The standard InChI is InChI=1S/C10H17N3O/c1-6(11)10(14)9-8(7-3-4-7)5-12-13(9)2/h5-7,10,14H,3-4,11H2,1-2H3. The first-order valence-electron chi connectivity index (χ1n) is 5.06. The molecule has 1 aliphatic carbocycles. The minimum atomic E-state index is -0.599. The van der Waals surface area contributed by atoms with Crippen LogP contribution in [0.4, 0.5) is 0 Å². The Kier molecular flexibility index (Phi) is 2.33. The van der Waals surface area contributed by atoms with Crippen LogP contribution in [0.2, 0.25) is 0 Å². The van der Waals surface area contributed by atoms with Gasteiger partial charge in [0.05, 0.1) is 11.9 Å². The fourth-order valence-corrected chi connectivity index (χ4v) is 1.78. The molecule has 0 aromatic carbocycles. The van der Waals surface area contributed by atoms with Gasteiger partial charge in [0.2, 0.25) is 0 Å². The molecule has 1 aromatic heterocycles. The predicted molar refractivity (Wildman–Crippen MR) is 53.8 cm³/mol. The van der Waals surface area contributed by atoms with Gasteiger partial charge in [-0.1, -0.05) is 0 Å². The number of rotatable bonds is 3. The average molecular weight is 195 g/mol. The Morgan fingerprint density at radius 3 is 2.79 bits per heavy atom. The van der Waals surface area contributed by atoms with Crippen LogP contribution in [-0.4, -0.2) is 20.9 Å². The Balaban J connectivity index is 2.33. The predicted octanol–water partition coefficient (Wildman–Crippen LogP) is 0.678. The maximum absolute atomic E-state index is 9.94. The number of aryl methyl sites for hydroxylation is 1. The minimum absolute atomic E-state index is 0.247. The van der Waals surface area contributed by atoms with Crippen molar-refractivity contribution >= 4 is 0 Å². The van der Waals surface area contributed by atoms with E-state index >= 15 is 0 Å². The van der Waals surface area contributed by atoms with Crippen LogP contribution in [0.1, 0.15) is 43.0 Å². The van der Waals surface area contributed by atoms with Crippen molar-refractivity contribution < 1.29 is 5.11 Å². The van der Waals surface area contributed by atoms with Crippen LogP contribution >= 0.6 is 0 Å². The third-order valence-electron chi connectivity index (χ3n) is 2.81. The van der Waals surface area contributed by atoms with E-state index in [1.54, 1.807) is 4.68 Å². The third kappa shape index (κ3) is 1.55.